The van der Waals surface area contributed by atoms with E-state index in [1.54, 1.807) is 18.7 Å². The van der Waals surface area contributed by atoms with Gasteiger partial charge in [-0.05, 0) is 44.5 Å². The maximum atomic E-state index is 5.60. The van der Waals surface area contributed by atoms with Crippen LogP contribution in [0, 0.1) is 6.92 Å². The van der Waals surface area contributed by atoms with E-state index >= 15 is 0 Å². The van der Waals surface area contributed by atoms with Crippen molar-refractivity contribution in [1.82, 2.24) is 19.6 Å². The van der Waals surface area contributed by atoms with Crippen molar-refractivity contribution in [3.63, 3.8) is 0 Å². The highest BCUT2D eigenvalue weighted by atomic mass is 16.5. The zero-order valence-electron chi connectivity index (χ0n) is 15.2. The Bertz CT molecular complexity index is 871. The fraction of sp³-hybridized carbons (Fsp3) is 0.389. The molecule has 3 aromatic rings. The zero-order chi connectivity index (χ0) is 18.0. The molecule has 25 heavy (non-hydrogen) atoms. The van der Waals surface area contributed by atoms with Crippen molar-refractivity contribution in [3.05, 3.63) is 47.3 Å². The minimum atomic E-state index is -0.493. The smallest absolute Gasteiger partial charge is 0.254 e. The summed E-state index contributed by atoms with van der Waals surface area (Å²) in [5.74, 6) is 1.92. The standard InChI is InChI=1S/C18H23N5O2/c1-12-10-15(18(2,3)25-5)23-17(20-12)21-16(22-23)19-11-13-6-8-14(24-4)9-7-13/h6-10H,11H2,1-5H3,(H,19,22). The molecule has 2 aromatic heterocycles. The summed E-state index contributed by atoms with van der Waals surface area (Å²) in [5, 5.41) is 7.78. The second-order valence-electron chi connectivity index (χ2n) is 6.35. The van der Waals surface area contributed by atoms with Gasteiger partial charge in [0.15, 0.2) is 0 Å². The maximum absolute atomic E-state index is 5.60. The van der Waals surface area contributed by atoms with Gasteiger partial charge in [0.25, 0.3) is 5.78 Å². The van der Waals surface area contributed by atoms with Crippen molar-refractivity contribution >= 4 is 11.7 Å². The number of anilines is 1. The van der Waals surface area contributed by atoms with E-state index in [4.69, 9.17) is 9.47 Å². The number of aryl methyl sites for hydroxylation is 1. The number of nitrogens with one attached hydrogen (secondary N) is 1. The Balaban J connectivity index is 1.86. The van der Waals surface area contributed by atoms with Gasteiger partial charge in [0.05, 0.1) is 12.8 Å². The molecule has 0 aliphatic rings. The monoisotopic (exact) mass is 341 g/mol. The average Bonchev–Trinajstić information content (AvgIpc) is 3.02. The second kappa shape index (κ2) is 6.68. The third-order valence-corrected chi connectivity index (χ3v) is 4.18. The maximum Gasteiger partial charge on any atom is 0.254 e. The molecule has 0 saturated carbocycles. The Morgan fingerprint density at radius 2 is 1.84 bits per heavy atom. The van der Waals surface area contributed by atoms with Crippen molar-refractivity contribution in [2.45, 2.75) is 32.9 Å². The van der Waals surface area contributed by atoms with Crippen LogP contribution in [0.1, 0.15) is 30.8 Å². The first-order valence-electron chi connectivity index (χ1n) is 8.10. The Morgan fingerprint density at radius 3 is 2.48 bits per heavy atom. The predicted molar refractivity (Wildman–Crippen MR) is 95.9 cm³/mol. The van der Waals surface area contributed by atoms with E-state index in [0.29, 0.717) is 18.3 Å². The molecule has 0 amide bonds. The first-order valence-corrected chi connectivity index (χ1v) is 8.10. The van der Waals surface area contributed by atoms with E-state index in [-0.39, 0.29) is 0 Å². The van der Waals surface area contributed by atoms with Crippen molar-refractivity contribution in [1.29, 1.82) is 0 Å². The van der Waals surface area contributed by atoms with Crippen LogP contribution in [-0.2, 0) is 16.9 Å². The number of methoxy groups -OCH3 is 2. The molecule has 7 nitrogen and oxygen atoms in total. The molecular weight excluding hydrogens is 318 g/mol. The number of aromatic nitrogens is 4. The van der Waals surface area contributed by atoms with E-state index < -0.39 is 5.60 Å². The topological polar surface area (TPSA) is 73.6 Å². The van der Waals surface area contributed by atoms with Gasteiger partial charge in [-0.15, -0.1) is 5.10 Å². The predicted octanol–water partition coefficient (Wildman–Crippen LogP) is 2.93. The highest BCUT2D eigenvalue weighted by Crippen LogP contribution is 2.25. The van der Waals surface area contributed by atoms with E-state index in [0.717, 1.165) is 22.7 Å². The van der Waals surface area contributed by atoms with Crippen LogP contribution < -0.4 is 10.1 Å². The lowest BCUT2D eigenvalue weighted by Gasteiger charge is -2.23. The van der Waals surface area contributed by atoms with E-state index in [2.05, 4.69) is 20.4 Å². The molecule has 0 aliphatic heterocycles. The highest BCUT2D eigenvalue weighted by Gasteiger charge is 2.25. The molecule has 0 bridgehead atoms. The molecule has 0 atom stereocenters. The summed E-state index contributed by atoms with van der Waals surface area (Å²) >= 11 is 0. The van der Waals surface area contributed by atoms with Gasteiger partial charge in [0, 0.05) is 19.3 Å². The summed E-state index contributed by atoms with van der Waals surface area (Å²) in [5.41, 5.74) is 2.40. The molecule has 3 rings (SSSR count). The summed E-state index contributed by atoms with van der Waals surface area (Å²) in [4.78, 5) is 8.94. The summed E-state index contributed by atoms with van der Waals surface area (Å²) in [6.07, 6.45) is 0. The lowest BCUT2D eigenvalue weighted by atomic mass is 10.0. The van der Waals surface area contributed by atoms with Crippen LogP contribution in [0.3, 0.4) is 0 Å². The number of hydrogen-bond acceptors (Lipinski definition) is 6. The van der Waals surface area contributed by atoms with Gasteiger partial charge in [-0.25, -0.2) is 4.98 Å². The van der Waals surface area contributed by atoms with Crippen molar-refractivity contribution in [2.75, 3.05) is 19.5 Å². The van der Waals surface area contributed by atoms with Crippen LogP contribution in [0.5, 0.6) is 5.75 Å². The molecule has 0 fully saturated rings. The molecule has 0 radical (unpaired) electrons. The number of fused-ring (bicyclic) bond motifs is 1. The molecule has 1 aromatic carbocycles. The van der Waals surface area contributed by atoms with Crippen LogP contribution in [0.15, 0.2) is 30.3 Å². The Morgan fingerprint density at radius 1 is 1.12 bits per heavy atom. The number of nitrogens with zero attached hydrogens (tertiary/aromatic N) is 4. The Kier molecular flexibility index (Phi) is 4.59. The second-order valence-corrected chi connectivity index (χ2v) is 6.35. The van der Waals surface area contributed by atoms with Gasteiger partial charge >= 0.3 is 0 Å². The molecular formula is C18H23N5O2. The van der Waals surface area contributed by atoms with Gasteiger partial charge in [-0.1, -0.05) is 12.1 Å². The minimum absolute atomic E-state index is 0.493. The molecule has 0 spiro atoms. The number of rotatable bonds is 6. The lowest BCUT2D eigenvalue weighted by Crippen LogP contribution is -2.24. The molecule has 0 unspecified atom stereocenters. The van der Waals surface area contributed by atoms with E-state index in [1.165, 1.54) is 0 Å². The van der Waals surface area contributed by atoms with Crippen molar-refractivity contribution in [3.8, 4) is 5.75 Å². The van der Waals surface area contributed by atoms with Crippen LogP contribution in [-0.4, -0.2) is 33.8 Å². The normalized spacial score (nSPS) is 11.7. The molecule has 0 aliphatic carbocycles. The lowest BCUT2D eigenvalue weighted by molar-refractivity contribution is 0.0135. The number of benzene rings is 1. The summed E-state index contributed by atoms with van der Waals surface area (Å²) < 4.78 is 12.5. The molecule has 7 heteroatoms. The van der Waals surface area contributed by atoms with Gasteiger partial charge in [-0.3, -0.25) is 0 Å². The SMILES string of the molecule is COc1ccc(CNc2nc3nc(C)cc(C(C)(C)OC)n3n2)cc1. The number of hydrogen-bond donors (Lipinski definition) is 1. The zero-order valence-corrected chi connectivity index (χ0v) is 15.2. The van der Waals surface area contributed by atoms with E-state index in [1.807, 2.05) is 51.1 Å². The first kappa shape index (κ1) is 17.2. The van der Waals surface area contributed by atoms with Gasteiger partial charge < -0.3 is 14.8 Å². The van der Waals surface area contributed by atoms with Crippen LogP contribution in [0.4, 0.5) is 5.95 Å². The molecule has 2 heterocycles. The summed E-state index contributed by atoms with van der Waals surface area (Å²) in [6, 6.07) is 9.84. The van der Waals surface area contributed by atoms with E-state index in [9.17, 15) is 0 Å². The van der Waals surface area contributed by atoms with Crippen molar-refractivity contribution < 1.29 is 9.47 Å². The largest absolute Gasteiger partial charge is 0.497 e. The third-order valence-electron chi connectivity index (χ3n) is 4.18. The Hall–Kier alpha value is -2.67. The minimum Gasteiger partial charge on any atom is -0.497 e. The van der Waals surface area contributed by atoms with Crippen LogP contribution in [0.2, 0.25) is 0 Å². The van der Waals surface area contributed by atoms with Gasteiger partial charge in [0.2, 0.25) is 5.95 Å². The summed E-state index contributed by atoms with van der Waals surface area (Å²) in [7, 11) is 3.34. The van der Waals surface area contributed by atoms with Gasteiger partial charge in [-0.2, -0.15) is 9.50 Å². The number of ether oxygens (including phenoxy) is 2. The molecule has 0 saturated heterocycles. The quantitative estimate of drug-likeness (QED) is 0.743. The van der Waals surface area contributed by atoms with Gasteiger partial charge in [0.1, 0.15) is 11.4 Å². The first-order chi connectivity index (χ1) is 11.9. The van der Waals surface area contributed by atoms with Crippen molar-refractivity contribution in [2.24, 2.45) is 0 Å². The highest BCUT2D eigenvalue weighted by molar-refractivity contribution is 5.41. The molecule has 1 N–H and O–H groups in total. The fourth-order valence-corrected chi connectivity index (χ4v) is 2.52. The van der Waals surface area contributed by atoms with Crippen LogP contribution in [0.25, 0.3) is 5.78 Å². The summed E-state index contributed by atoms with van der Waals surface area (Å²) in [6.45, 7) is 6.54. The van der Waals surface area contributed by atoms with Crippen LogP contribution >= 0.6 is 0 Å². The Labute approximate surface area is 147 Å². The fourth-order valence-electron chi connectivity index (χ4n) is 2.52. The average molecular weight is 341 g/mol. The molecule has 132 valence electrons. The third kappa shape index (κ3) is 3.56.